The molecule has 0 radical (unpaired) electrons. The van der Waals surface area contributed by atoms with Gasteiger partial charge in [-0.05, 0) is 0 Å². The lowest BCUT2D eigenvalue weighted by atomic mass is 9.98. The van der Waals surface area contributed by atoms with E-state index in [-0.39, 0.29) is 18.3 Å². The lowest BCUT2D eigenvalue weighted by molar-refractivity contribution is -0.314. The third-order valence-corrected chi connectivity index (χ3v) is 2.87. The molecule has 1 aliphatic heterocycles. The third kappa shape index (κ3) is 3.14. The Morgan fingerprint density at radius 1 is 0.941 bits per heavy atom. The first kappa shape index (κ1) is 14.8. The molecule has 0 aromatic carbocycles. The fourth-order valence-electron chi connectivity index (χ4n) is 2.09. The van der Waals surface area contributed by atoms with Gasteiger partial charge in [0.2, 0.25) is 6.29 Å². The van der Waals surface area contributed by atoms with Crippen LogP contribution in [-0.4, -0.2) is 65.8 Å². The number of hydrogen-bond acceptors (Lipinski definition) is 7. The summed E-state index contributed by atoms with van der Waals surface area (Å²) in [6, 6.07) is 0. The van der Waals surface area contributed by atoms with Gasteiger partial charge in [-0.2, -0.15) is 0 Å². The molecule has 1 heterocycles. The van der Waals surface area contributed by atoms with Crippen LogP contribution in [0.25, 0.3) is 0 Å². The molecule has 0 amide bonds. The van der Waals surface area contributed by atoms with Crippen LogP contribution < -0.4 is 5.90 Å². The first-order valence-electron chi connectivity index (χ1n) is 5.31. The van der Waals surface area contributed by atoms with Gasteiger partial charge in [0, 0.05) is 28.4 Å². The summed E-state index contributed by atoms with van der Waals surface area (Å²) in [5.74, 6) is 5.19. The van der Waals surface area contributed by atoms with Crippen LogP contribution in [0.4, 0.5) is 0 Å². The monoisotopic (exact) mass is 251 g/mol. The molecule has 5 atom stereocenters. The second-order valence-corrected chi connectivity index (χ2v) is 3.74. The van der Waals surface area contributed by atoms with Crippen molar-refractivity contribution in [2.45, 2.75) is 30.7 Å². The summed E-state index contributed by atoms with van der Waals surface area (Å²) in [4.78, 5) is 4.76. The maximum absolute atomic E-state index is 5.61. The molecule has 1 saturated heterocycles. The smallest absolute Gasteiger partial charge is 0.206 e. The Labute approximate surface area is 101 Å². The zero-order valence-corrected chi connectivity index (χ0v) is 10.6. The van der Waals surface area contributed by atoms with Crippen LogP contribution in [0.1, 0.15) is 0 Å². The van der Waals surface area contributed by atoms with Crippen LogP contribution in [-0.2, 0) is 28.5 Å². The predicted octanol–water partition coefficient (Wildman–Crippen LogP) is -0.707. The van der Waals surface area contributed by atoms with E-state index in [9.17, 15) is 0 Å². The molecule has 0 spiro atoms. The lowest BCUT2D eigenvalue weighted by Crippen LogP contribution is -2.61. The van der Waals surface area contributed by atoms with Gasteiger partial charge in [0.15, 0.2) is 0 Å². The summed E-state index contributed by atoms with van der Waals surface area (Å²) in [7, 11) is 6.28. The highest BCUT2D eigenvalue weighted by Crippen LogP contribution is 2.27. The SMILES string of the molecule is COC[C@H]1O[C@H](ON)[C@H](OC)[C@@H](OC)[C@@H]1OC. The summed E-state index contributed by atoms with van der Waals surface area (Å²) < 4.78 is 26.7. The van der Waals surface area contributed by atoms with Crippen LogP contribution >= 0.6 is 0 Å². The van der Waals surface area contributed by atoms with E-state index in [1.807, 2.05) is 0 Å². The van der Waals surface area contributed by atoms with Gasteiger partial charge in [-0.3, -0.25) is 4.84 Å². The van der Waals surface area contributed by atoms with Crippen LogP contribution in [0.3, 0.4) is 0 Å². The molecule has 0 bridgehead atoms. The molecule has 2 N–H and O–H groups in total. The highest BCUT2D eigenvalue weighted by molar-refractivity contribution is 4.92. The minimum absolute atomic E-state index is 0.309. The minimum atomic E-state index is -0.712. The largest absolute Gasteiger partial charge is 0.382 e. The first-order valence-corrected chi connectivity index (χ1v) is 5.31. The summed E-state index contributed by atoms with van der Waals surface area (Å²) in [5, 5.41) is 0. The van der Waals surface area contributed by atoms with Crippen LogP contribution in [0.5, 0.6) is 0 Å². The Hall–Kier alpha value is -0.280. The van der Waals surface area contributed by atoms with E-state index in [1.54, 1.807) is 21.3 Å². The quantitative estimate of drug-likeness (QED) is 0.625. The van der Waals surface area contributed by atoms with Gasteiger partial charge in [-0.15, -0.1) is 0 Å². The number of rotatable bonds is 6. The van der Waals surface area contributed by atoms with Crippen molar-refractivity contribution >= 4 is 0 Å². The molecule has 102 valence electrons. The van der Waals surface area contributed by atoms with E-state index >= 15 is 0 Å². The molecule has 1 aliphatic rings. The van der Waals surface area contributed by atoms with E-state index in [0.717, 1.165) is 0 Å². The van der Waals surface area contributed by atoms with Gasteiger partial charge in [-0.1, -0.05) is 0 Å². The Bertz CT molecular complexity index is 217. The maximum Gasteiger partial charge on any atom is 0.206 e. The van der Waals surface area contributed by atoms with Crippen LogP contribution in [0, 0.1) is 0 Å². The average Bonchev–Trinajstić information content (AvgIpc) is 2.37. The summed E-state index contributed by atoms with van der Waals surface area (Å²) in [5.41, 5.74) is 0. The topological polar surface area (TPSA) is 81.4 Å². The Morgan fingerprint density at radius 3 is 1.94 bits per heavy atom. The molecule has 1 rings (SSSR count). The highest BCUT2D eigenvalue weighted by Gasteiger charge is 2.47. The van der Waals surface area contributed by atoms with Crippen molar-refractivity contribution in [3.05, 3.63) is 0 Å². The van der Waals surface area contributed by atoms with Crippen molar-refractivity contribution in [3.8, 4) is 0 Å². The van der Waals surface area contributed by atoms with E-state index < -0.39 is 12.4 Å². The zero-order valence-electron chi connectivity index (χ0n) is 10.6. The van der Waals surface area contributed by atoms with Gasteiger partial charge in [-0.25, -0.2) is 5.90 Å². The Morgan fingerprint density at radius 2 is 1.53 bits per heavy atom. The number of hydrogen-bond donors (Lipinski definition) is 1. The zero-order chi connectivity index (χ0) is 12.8. The van der Waals surface area contributed by atoms with E-state index in [2.05, 4.69) is 0 Å². The van der Waals surface area contributed by atoms with Crippen molar-refractivity contribution in [3.63, 3.8) is 0 Å². The molecule has 0 aliphatic carbocycles. The fraction of sp³-hybridized carbons (Fsp3) is 1.00. The van der Waals surface area contributed by atoms with Crippen molar-refractivity contribution in [2.24, 2.45) is 5.90 Å². The van der Waals surface area contributed by atoms with Crippen LogP contribution in [0.2, 0.25) is 0 Å². The third-order valence-electron chi connectivity index (χ3n) is 2.87. The van der Waals surface area contributed by atoms with Crippen LogP contribution in [0.15, 0.2) is 0 Å². The molecule has 1 fully saturated rings. The fourth-order valence-corrected chi connectivity index (χ4v) is 2.09. The van der Waals surface area contributed by atoms with E-state index in [4.69, 9.17) is 34.4 Å². The van der Waals surface area contributed by atoms with Gasteiger partial charge >= 0.3 is 0 Å². The van der Waals surface area contributed by atoms with Gasteiger partial charge in [0.25, 0.3) is 0 Å². The standard InChI is InChI=1S/C10H21NO6/c1-12-5-6-7(13-2)8(14-3)9(15-4)10(16-6)17-11/h6-10H,5,11H2,1-4H3/t6-,7-,8+,9-,10-/m1/s1. The normalized spacial score (nSPS) is 38.3. The molecule has 7 nitrogen and oxygen atoms in total. The molecule has 0 saturated carbocycles. The van der Waals surface area contributed by atoms with E-state index in [1.165, 1.54) is 7.11 Å². The molecular weight excluding hydrogens is 230 g/mol. The van der Waals surface area contributed by atoms with Crippen molar-refractivity contribution in [1.82, 2.24) is 0 Å². The van der Waals surface area contributed by atoms with Gasteiger partial charge in [0.05, 0.1) is 6.61 Å². The van der Waals surface area contributed by atoms with Crippen molar-refractivity contribution < 1.29 is 28.5 Å². The molecule has 0 aromatic heterocycles. The first-order chi connectivity index (χ1) is 8.23. The number of nitrogens with two attached hydrogens (primary N) is 1. The summed E-state index contributed by atoms with van der Waals surface area (Å²) in [6.45, 7) is 0.356. The summed E-state index contributed by atoms with van der Waals surface area (Å²) in [6.07, 6.45) is -2.14. The second kappa shape index (κ2) is 7.22. The lowest BCUT2D eigenvalue weighted by Gasteiger charge is -2.43. The van der Waals surface area contributed by atoms with Crippen molar-refractivity contribution in [1.29, 1.82) is 0 Å². The maximum atomic E-state index is 5.61. The predicted molar refractivity (Wildman–Crippen MR) is 58.2 cm³/mol. The molecule has 0 aromatic rings. The molecular formula is C10H21NO6. The van der Waals surface area contributed by atoms with E-state index in [0.29, 0.717) is 6.61 Å². The number of methoxy groups -OCH3 is 4. The second-order valence-electron chi connectivity index (χ2n) is 3.74. The number of ether oxygens (including phenoxy) is 5. The Balaban J connectivity index is 2.84. The molecule has 7 heteroatoms. The van der Waals surface area contributed by atoms with Gasteiger partial charge < -0.3 is 23.7 Å². The minimum Gasteiger partial charge on any atom is -0.382 e. The molecule has 17 heavy (non-hydrogen) atoms. The van der Waals surface area contributed by atoms with Gasteiger partial charge in [0.1, 0.15) is 24.4 Å². The summed E-state index contributed by atoms with van der Waals surface area (Å²) >= 11 is 0. The average molecular weight is 251 g/mol. The molecule has 0 unspecified atom stereocenters. The highest BCUT2D eigenvalue weighted by atomic mass is 16.8. The van der Waals surface area contributed by atoms with Crippen molar-refractivity contribution in [2.75, 3.05) is 35.0 Å². The Kier molecular flexibility index (Phi) is 6.28.